The first-order chi connectivity index (χ1) is 19.4. The van der Waals surface area contributed by atoms with E-state index in [-0.39, 0.29) is 0 Å². The molecule has 0 bridgehead atoms. The van der Waals surface area contributed by atoms with Crippen molar-refractivity contribution in [2.75, 3.05) is 0 Å². The van der Waals surface area contributed by atoms with E-state index in [2.05, 4.69) is 124 Å². The fourth-order valence-electron chi connectivity index (χ4n) is 7.09. The van der Waals surface area contributed by atoms with Gasteiger partial charge in [0.05, 0.1) is 27.6 Å². The summed E-state index contributed by atoms with van der Waals surface area (Å²) in [4.78, 5) is 0. The van der Waals surface area contributed by atoms with Gasteiger partial charge < -0.3 is 13.4 Å². The van der Waals surface area contributed by atoms with Gasteiger partial charge in [0.2, 0.25) is 0 Å². The minimum Gasteiger partial charge on any atom is -0.456 e. The number of furan rings is 1. The summed E-state index contributed by atoms with van der Waals surface area (Å²) in [5.74, 6) is 0. The van der Waals surface area contributed by atoms with E-state index < -0.39 is 0 Å². The van der Waals surface area contributed by atoms with Gasteiger partial charge in [0.1, 0.15) is 11.2 Å². The Bertz CT molecular complexity index is 2600. The van der Waals surface area contributed by atoms with Crippen LogP contribution in [-0.2, 0) is 0 Å². The molecule has 39 heavy (non-hydrogen) atoms. The quantitative estimate of drug-likeness (QED) is 0.222. The van der Waals surface area contributed by atoms with Crippen LogP contribution in [0.5, 0.6) is 0 Å². The summed E-state index contributed by atoms with van der Waals surface area (Å²) in [6, 6.07) is 43.7. The number of para-hydroxylation sites is 4. The molecule has 0 saturated heterocycles. The largest absolute Gasteiger partial charge is 0.456 e. The number of fused-ring (bicyclic) bond motifs is 13. The molecule has 0 fully saturated rings. The highest BCUT2D eigenvalue weighted by Gasteiger charge is 2.24. The molecule has 10 rings (SSSR count). The smallest absolute Gasteiger partial charge is 0.137 e. The molecule has 0 amide bonds. The summed E-state index contributed by atoms with van der Waals surface area (Å²) in [6.45, 7) is 0. The Kier molecular flexibility index (Phi) is 3.44. The third-order valence-corrected chi connectivity index (χ3v) is 8.61. The second-order valence-corrected chi connectivity index (χ2v) is 10.5. The highest BCUT2D eigenvalue weighted by Crippen LogP contribution is 2.47. The van der Waals surface area contributed by atoms with Crippen LogP contribution in [0, 0.1) is 0 Å². The predicted molar refractivity (Wildman–Crippen MR) is 163 cm³/mol. The third-order valence-electron chi connectivity index (χ3n) is 8.61. The molecule has 0 unspecified atom stereocenters. The number of hydrogen-bond acceptors (Lipinski definition) is 1. The zero-order chi connectivity index (χ0) is 25.2. The maximum atomic E-state index is 6.36. The molecule has 180 valence electrons. The van der Waals surface area contributed by atoms with Crippen molar-refractivity contribution >= 4 is 81.8 Å². The Balaban J connectivity index is 1.55. The van der Waals surface area contributed by atoms with Gasteiger partial charge >= 0.3 is 0 Å². The molecule has 4 heterocycles. The maximum Gasteiger partial charge on any atom is 0.137 e. The van der Waals surface area contributed by atoms with Gasteiger partial charge in [0.15, 0.2) is 0 Å². The average molecular weight is 497 g/mol. The van der Waals surface area contributed by atoms with E-state index in [1.807, 2.05) is 6.07 Å². The minimum absolute atomic E-state index is 0.927. The standard InChI is InChI=1S/C36H20N2O/c1-2-10-21(11-3-1)37-29-16-8-5-14-24(29)34-31(37)19-26-22-12-4-7-15-28(22)38-30-20-33-25(18-27(30)35(34)36(26)38)23-13-6-9-17-32(23)39-33/h1-20H. The lowest BCUT2D eigenvalue weighted by Crippen LogP contribution is -1.92. The Morgan fingerprint density at radius 2 is 1.13 bits per heavy atom. The molecule has 0 aliphatic heterocycles. The van der Waals surface area contributed by atoms with Crippen molar-refractivity contribution in [1.29, 1.82) is 0 Å². The van der Waals surface area contributed by atoms with Crippen LogP contribution in [0.1, 0.15) is 0 Å². The number of rotatable bonds is 1. The van der Waals surface area contributed by atoms with Crippen LogP contribution >= 0.6 is 0 Å². The molecular formula is C36H20N2O. The summed E-state index contributed by atoms with van der Waals surface area (Å²) in [6.07, 6.45) is 0. The summed E-state index contributed by atoms with van der Waals surface area (Å²) in [7, 11) is 0. The van der Waals surface area contributed by atoms with Crippen LogP contribution in [0.4, 0.5) is 0 Å². The van der Waals surface area contributed by atoms with Crippen LogP contribution in [0.3, 0.4) is 0 Å². The molecular weight excluding hydrogens is 476 g/mol. The van der Waals surface area contributed by atoms with Gasteiger partial charge in [0, 0.05) is 54.8 Å². The van der Waals surface area contributed by atoms with Gasteiger partial charge in [0.25, 0.3) is 0 Å². The van der Waals surface area contributed by atoms with Crippen LogP contribution in [-0.4, -0.2) is 8.97 Å². The summed E-state index contributed by atoms with van der Waals surface area (Å²) in [5.41, 5.74) is 9.19. The topological polar surface area (TPSA) is 22.5 Å². The molecule has 0 aliphatic carbocycles. The van der Waals surface area contributed by atoms with E-state index >= 15 is 0 Å². The van der Waals surface area contributed by atoms with Crippen molar-refractivity contribution < 1.29 is 4.42 Å². The van der Waals surface area contributed by atoms with E-state index in [1.165, 1.54) is 65.6 Å². The van der Waals surface area contributed by atoms with E-state index in [0.29, 0.717) is 0 Å². The molecule has 3 nitrogen and oxygen atoms in total. The van der Waals surface area contributed by atoms with Gasteiger partial charge in [-0.3, -0.25) is 0 Å². The maximum absolute atomic E-state index is 6.36. The normalized spacial score (nSPS) is 12.6. The Labute approximate surface area is 222 Å². The van der Waals surface area contributed by atoms with Crippen molar-refractivity contribution in [3.05, 3.63) is 121 Å². The van der Waals surface area contributed by atoms with Crippen molar-refractivity contribution in [3.8, 4) is 5.69 Å². The fourth-order valence-corrected chi connectivity index (χ4v) is 7.09. The van der Waals surface area contributed by atoms with Crippen LogP contribution in [0.2, 0.25) is 0 Å². The lowest BCUT2D eigenvalue weighted by Gasteiger charge is -2.08. The third kappa shape index (κ3) is 2.31. The Hall–Kier alpha value is -5.28. The SMILES string of the molecule is c1ccc(-n2c3ccccc3c3c4c5cc6c(cc5n5c7ccccc7c(cc32)c45)oc2ccccc26)cc1. The van der Waals surface area contributed by atoms with E-state index in [1.54, 1.807) is 0 Å². The summed E-state index contributed by atoms with van der Waals surface area (Å²) >= 11 is 0. The average Bonchev–Trinajstić information content (AvgIpc) is 3.71. The predicted octanol–water partition coefficient (Wildman–Crippen LogP) is 9.83. The zero-order valence-electron chi connectivity index (χ0n) is 20.8. The molecule has 0 spiro atoms. The molecule has 0 N–H and O–H groups in total. The highest BCUT2D eigenvalue weighted by molar-refractivity contribution is 6.36. The van der Waals surface area contributed by atoms with Crippen LogP contribution < -0.4 is 0 Å². The number of nitrogens with zero attached hydrogens (tertiary/aromatic N) is 2. The molecule has 6 aromatic carbocycles. The summed E-state index contributed by atoms with van der Waals surface area (Å²) in [5, 5.41) is 10.0. The first-order valence-electron chi connectivity index (χ1n) is 13.4. The molecule has 4 aromatic heterocycles. The van der Waals surface area contributed by atoms with E-state index in [4.69, 9.17) is 4.42 Å². The van der Waals surface area contributed by atoms with Crippen molar-refractivity contribution in [1.82, 2.24) is 8.97 Å². The van der Waals surface area contributed by atoms with Crippen molar-refractivity contribution in [2.45, 2.75) is 0 Å². The minimum atomic E-state index is 0.927. The number of aromatic nitrogens is 2. The second kappa shape index (κ2) is 6.77. The molecule has 0 saturated carbocycles. The monoisotopic (exact) mass is 496 g/mol. The van der Waals surface area contributed by atoms with Crippen LogP contribution in [0.25, 0.3) is 87.5 Å². The van der Waals surface area contributed by atoms with Gasteiger partial charge in [-0.05, 0) is 42.5 Å². The molecule has 10 aromatic rings. The molecule has 0 atom stereocenters. The van der Waals surface area contributed by atoms with Crippen molar-refractivity contribution in [3.63, 3.8) is 0 Å². The van der Waals surface area contributed by atoms with E-state index in [0.717, 1.165) is 21.9 Å². The summed E-state index contributed by atoms with van der Waals surface area (Å²) < 4.78 is 11.2. The molecule has 0 aliphatic rings. The second-order valence-electron chi connectivity index (χ2n) is 10.5. The first kappa shape index (κ1) is 19.8. The fraction of sp³-hybridized carbons (Fsp3) is 0. The number of hydrogen-bond donors (Lipinski definition) is 0. The highest BCUT2D eigenvalue weighted by atomic mass is 16.3. The number of benzene rings is 6. The van der Waals surface area contributed by atoms with Gasteiger partial charge in [-0.1, -0.05) is 72.8 Å². The van der Waals surface area contributed by atoms with E-state index in [9.17, 15) is 0 Å². The first-order valence-corrected chi connectivity index (χ1v) is 13.4. The lowest BCUT2D eigenvalue weighted by molar-refractivity contribution is 0.669. The lowest BCUT2D eigenvalue weighted by atomic mass is 10.0. The Morgan fingerprint density at radius 1 is 0.410 bits per heavy atom. The zero-order valence-corrected chi connectivity index (χ0v) is 20.8. The van der Waals surface area contributed by atoms with Gasteiger partial charge in [-0.2, -0.15) is 0 Å². The van der Waals surface area contributed by atoms with Crippen molar-refractivity contribution in [2.24, 2.45) is 0 Å². The molecule has 0 radical (unpaired) electrons. The van der Waals surface area contributed by atoms with Gasteiger partial charge in [-0.25, -0.2) is 0 Å². The Morgan fingerprint density at radius 3 is 2.00 bits per heavy atom. The van der Waals surface area contributed by atoms with Crippen LogP contribution in [0.15, 0.2) is 126 Å². The molecule has 3 heteroatoms. The van der Waals surface area contributed by atoms with Gasteiger partial charge in [-0.15, -0.1) is 0 Å².